The van der Waals surface area contributed by atoms with Crippen LogP contribution in [0.5, 0.6) is 5.75 Å². The van der Waals surface area contributed by atoms with E-state index in [1.165, 1.54) is 0 Å². The van der Waals surface area contributed by atoms with Crippen LogP contribution in [0.4, 0.5) is 0 Å². The number of nitrogens with two attached hydrogens (primary N) is 1. The number of ether oxygens (including phenoxy) is 1. The van der Waals surface area contributed by atoms with Gasteiger partial charge in [0.2, 0.25) is 5.91 Å². The summed E-state index contributed by atoms with van der Waals surface area (Å²) in [5, 5.41) is 8.95. The maximum Gasteiger partial charge on any atom is 0.224 e. The zero-order valence-corrected chi connectivity index (χ0v) is 17.4. The minimum Gasteiger partial charge on any atom is -0.497 e. The standard InChI is InChI=1S/C24H29N3O2/c1-23(2,20-5-4-6-21(15-20)29-3)27-14-13-24(17-27,22(26)28)12-11-18-7-9-19(16-25)10-8-18/h4-10,15H,11-14,17H2,1-3H3,(H2,26,28)/t24-/m1/s1. The molecule has 0 unspecified atom stereocenters. The van der Waals surface area contributed by atoms with Gasteiger partial charge in [0.25, 0.3) is 0 Å². The molecular weight excluding hydrogens is 362 g/mol. The highest BCUT2D eigenvalue weighted by atomic mass is 16.5. The van der Waals surface area contributed by atoms with E-state index in [-0.39, 0.29) is 11.4 Å². The van der Waals surface area contributed by atoms with E-state index < -0.39 is 5.41 Å². The van der Waals surface area contributed by atoms with Gasteiger partial charge in [0.15, 0.2) is 0 Å². The zero-order valence-electron chi connectivity index (χ0n) is 17.4. The number of primary amides is 1. The molecule has 5 heteroatoms. The molecule has 0 bridgehead atoms. The Morgan fingerprint density at radius 3 is 2.62 bits per heavy atom. The number of carbonyl (C=O) groups excluding carboxylic acids is 1. The van der Waals surface area contributed by atoms with Gasteiger partial charge >= 0.3 is 0 Å². The van der Waals surface area contributed by atoms with Crippen LogP contribution in [-0.4, -0.2) is 31.0 Å². The van der Waals surface area contributed by atoms with Crippen LogP contribution in [0.2, 0.25) is 0 Å². The topological polar surface area (TPSA) is 79.3 Å². The quantitative estimate of drug-likeness (QED) is 0.782. The van der Waals surface area contributed by atoms with E-state index in [2.05, 4.69) is 36.9 Å². The number of hydrogen-bond acceptors (Lipinski definition) is 4. The van der Waals surface area contributed by atoms with E-state index in [0.717, 1.165) is 36.3 Å². The Kier molecular flexibility index (Phi) is 5.95. The van der Waals surface area contributed by atoms with Crippen LogP contribution in [0, 0.1) is 16.7 Å². The van der Waals surface area contributed by atoms with Crippen LogP contribution in [0.25, 0.3) is 0 Å². The van der Waals surface area contributed by atoms with Gasteiger partial charge < -0.3 is 10.5 Å². The lowest BCUT2D eigenvalue weighted by Gasteiger charge is -2.37. The molecular formula is C24H29N3O2. The second-order valence-corrected chi connectivity index (χ2v) is 8.42. The molecule has 29 heavy (non-hydrogen) atoms. The van der Waals surface area contributed by atoms with E-state index in [9.17, 15) is 4.79 Å². The SMILES string of the molecule is COc1cccc(C(C)(C)N2CC[C@@](CCc3ccc(C#N)cc3)(C(N)=O)C2)c1. The minimum atomic E-state index is -0.538. The van der Waals surface area contributed by atoms with Crippen LogP contribution in [0.3, 0.4) is 0 Å². The van der Waals surface area contributed by atoms with Crippen molar-refractivity contribution in [1.29, 1.82) is 5.26 Å². The first-order valence-corrected chi connectivity index (χ1v) is 9.99. The van der Waals surface area contributed by atoms with Gasteiger partial charge in [0.1, 0.15) is 5.75 Å². The van der Waals surface area contributed by atoms with Crippen molar-refractivity contribution >= 4 is 5.91 Å². The molecule has 0 spiro atoms. The van der Waals surface area contributed by atoms with Gasteiger partial charge in [-0.15, -0.1) is 0 Å². The Bertz CT molecular complexity index is 914. The van der Waals surface area contributed by atoms with E-state index in [0.29, 0.717) is 18.5 Å². The molecule has 1 fully saturated rings. The molecule has 1 heterocycles. The minimum absolute atomic E-state index is 0.227. The summed E-state index contributed by atoms with van der Waals surface area (Å²) in [5.41, 5.74) is 8.05. The van der Waals surface area contributed by atoms with Crippen molar-refractivity contribution in [2.75, 3.05) is 20.2 Å². The van der Waals surface area contributed by atoms with Crippen molar-refractivity contribution in [3.05, 3.63) is 65.2 Å². The number of amides is 1. The highest BCUT2D eigenvalue weighted by molar-refractivity contribution is 5.81. The predicted octanol–water partition coefficient (Wildman–Crippen LogP) is 3.61. The molecule has 2 aromatic carbocycles. The van der Waals surface area contributed by atoms with Crippen molar-refractivity contribution in [1.82, 2.24) is 4.90 Å². The largest absolute Gasteiger partial charge is 0.497 e. The van der Waals surface area contributed by atoms with Gasteiger partial charge in [-0.2, -0.15) is 5.26 Å². The van der Waals surface area contributed by atoms with Crippen LogP contribution < -0.4 is 10.5 Å². The molecule has 1 aliphatic heterocycles. The van der Waals surface area contributed by atoms with Crippen molar-refractivity contribution in [2.45, 2.75) is 38.6 Å². The summed E-state index contributed by atoms with van der Waals surface area (Å²) >= 11 is 0. The first-order chi connectivity index (χ1) is 13.8. The summed E-state index contributed by atoms with van der Waals surface area (Å²) in [6.45, 7) is 5.82. The number of hydrogen-bond donors (Lipinski definition) is 1. The Morgan fingerprint density at radius 2 is 2.00 bits per heavy atom. The number of likely N-dealkylation sites (tertiary alicyclic amines) is 1. The molecule has 1 atom stereocenters. The van der Waals surface area contributed by atoms with E-state index in [1.807, 2.05) is 36.4 Å². The summed E-state index contributed by atoms with van der Waals surface area (Å²) in [6.07, 6.45) is 2.23. The van der Waals surface area contributed by atoms with Crippen molar-refractivity contribution in [3.63, 3.8) is 0 Å². The normalized spacial score (nSPS) is 19.7. The molecule has 0 saturated carbocycles. The smallest absolute Gasteiger partial charge is 0.224 e. The van der Waals surface area contributed by atoms with Gasteiger partial charge in [0.05, 0.1) is 24.2 Å². The molecule has 3 rings (SSSR count). The van der Waals surface area contributed by atoms with E-state index in [1.54, 1.807) is 7.11 Å². The lowest BCUT2D eigenvalue weighted by Crippen LogP contribution is -2.45. The highest BCUT2D eigenvalue weighted by Gasteiger charge is 2.47. The van der Waals surface area contributed by atoms with Crippen LogP contribution in [-0.2, 0) is 16.8 Å². The van der Waals surface area contributed by atoms with Crippen molar-refractivity contribution < 1.29 is 9.53 Å². The summed E-state index contributed by atoms with van der Waals surface area (Å²) in [7, 11) is 1.67. The summed E-state index contributed by atoms with van der Waals surface area (Å²) in [6, 6.07) is 17.8. The molecule has 0 aromatic heterocycles. The Balaban J connectivity index is 1.76. The molecule has 2 N–H and O–H groups in total. The number of benzene rings is 2. The third-order valence-electron chi connectivity index (χ3n) is 6.42. The number of aryl methyl sites for hydroxylation is 1. The first-order valence-electron chi connectivity index (χ1n) is 9.99. The third kappa shape index (κ3) is 4.28. The second-order valence-electron chi connectivity index (χ2n) is 8.42. The summed E-state index contributed by atoms with van der Waals surface area (Å²) in [5.74, 6) is 0.604. The molecule has 5 nitrogen and oxygen atoms in total. The monoisotopic (exact) mass is 391 g/mol. The van der Waals surface area contributed by atoms with Crippen LogP contribution >= 0.6 is 0 Å². The maximum absolute atomic E-state index is 12.5. The van der Waals surface area contributed by atoms with Gasteiger partial charge in [-0.25, -0.2) is 0 Å². The van der Waals surface area contributed by atoms with Crippen molar-refractivity contribution in [2.24, 2.45) is 11.1 Å². The fourth-order valence-corrected chi connectivity index (χ4v) is 4.19. The Morgan fingerprint density at radius 1 is 1.28 bits per heavy atom. The highest BCUT2D eigenvalue weighted by Crippen LogP contribution is 2.41. The number of nitrogens with zero attached hydrogens (tertiary/aromatic N) is 2. The molecule has 1 amide bonds. The van der Waals surface area contributed by atoms with E-state index >= 15 is 0 Å². The molecule has 2 aromatic rings. The number of carbonyl (C=O) groups is 1. The predicted molar refractivity (Wildman–Crippen MR) is 113 cm³/mol. The van der Waals surface area contributed by atoms with Crippen LogP contribution in [0.1, 0.15) is 43.4 Å². The molecule has 0 aliphatic carbocycles. The van der Waals surface area contributed by atoms with Crippen molar-refractivity contribution in [3.8, 4) is 11.8 Å². The van der Waals surface area contributed by atoms with Gasteiger partial charge in [-0.1, -0.05) is 24.3 Å². The summed E-state index contributed by atoms with van der Waals surface area (Å²) < 4.78 is 5.38. The number of rotatable bonds is 7. The zero-order chi connectivity index (χ0) is 21.1. The van der Waals surface area contributed by atoms with Gasteiger partial charge in [-0.05, 0) is 68.5 Å². The number of nitriles is 1. The lowest BCUT2D eigenvalue weighted by molar-refractivity contribution is -0.127. The van der Waals surface area contributed by atoms with Gasteiger partial charge in [-0.3, -0.25) is 9.69 Å². The fraction of sp³-hybridized carbons (Fsp3) is 0.417. The first kappa shape index (κ1) is 20.9. The Hall–Kier alpha value is -2.84. The lowest BCUT2D eigenvalue weighted by atomic mass is 9.80. The average molecular weight is 392 g/mol. The molecule has 1 aliphatic rings. The summed E-state index contributed by atoms with van der Waals surface area (Å²) in [4.78, 5) is 14.8. The maximum atomic E-state index is 12.5. The Labute approximate surface area is 173 Å². The molecule has 152 valence electrons. The molecule has 0 radical (unpaired) electrons. The van der Waals surface area contributed by atoms with Crippen LogP contribution in [0.15, 0.2) is 48.5 Å². The van der Waals surface area contributed by atoms with Gasteiger partial charge in [0, 0.05) is 18.6 Å². The molecule has 1 saturated heterocycles. The second kappa shape index (κ2) is 8.26. The number of methoxy groups -OCH3 is 1. The average Bonchev–Trinajstić information content (AvgIpc) is 3.19. The third-order valence-corrected chi connectivity index (χ3v) is 6.42. The fourth-order valence-electron chi connectivity index (χ4n) is 4.19. The van der Waals surface area contributed by atoms with E-state index in [4.69, 9.17) is 15.7 Å².